The minimum Gasteiger partial charge on any atom is -0.312 e. The normalized spacial score (nSPS) is 14.1. The number of amides is 2. The number of carbonyl (C=O) groups excluding carboxylic acids is 2. The van der Waals surface area contributed by atoms with Crippen molar-refractivity contribution >= 4 is 23.3 Å². The third-order valence-corrected chi connectivity index (χ3v) is 3.73. The lowest BCUT2D eigenvalue weighted by atomic mass is 10.2. The summed E-state index contributed by atoms with van der Waals surface area (Å²) >= 11 is 0. The average molecular weight is 312 g/mol. The zero-order valence-electron chi connectivity index (χ0n) is 12.7. The Hall–Kier alpha value is -2.96. The summed E-state index contributed by atoms with van der Waals surface area (Å²) in [5, 5.41) is 2.58. The number of aromatic nitrogens is 2. The van der Waals surface area contributed by atoms with Crippen molar-refractivity contribution in [1.82, 2.24) is 9.55 Å². The number of rotatable bonds is 3. The molecule has 1 saturated heterocycles. The van der Waals surface area contributed by atoms with Crippen LogP contribution in [0.5, 0.6) is 0 Å². The lowest BCUT2D eigenvalue weighted by molar-refractivity contribution is -0.117. The van der Waals surface area contributed by atoms with Crippen molar-refractivity contribution in [3.05, 3.63) is 52.6 Å². The molecular weight excluding hydrogens is 296 g/mol. The first kappa shape index (κ1) is 15.0. The van der Waals surface area contributed by atoms with E-state index < -0.39 is 5.69 Å². The predicted octanol–water partition coefficient (Wildman–Crippen LogP) is 1.16. The van der Waals surface area contributed by atoms with Crippen LogP contribution in [0.4, 0.5) is 11.5 Å². The molecule has 2 heterocycles. The van der Waals surface area contributed by atoms with Gasteiger partial charge in [-0.25, -0.2) is 4.79 Å². The van der Waals surface area contributed by atoms with Gasteiger partial charge in [0.2, 0.25) is 5.91 Å². The van der Waals surface area contributed by atoms with Crippen molar-refractivity contribution in [1.29, 1.82) is 0 Å². The van der Waals surface area contributed by atoms with E-state index in [1.54, 1.807) is 42.3 Å². The third kappa shape index (κ3) is 3.13. The van der Waals surface area contributed by atoms with E-state index in [0.29, 0.717) is 18.5 Å². The van der Waals surface area contributed by atoms with Crippen molar-refractivity contribution in [2.45, 2.75) is 12.8 Å². The molecule has 0 atom stereocenters. The molecule has 0 unspecified atom stereocenters. The fraction of sp³-hybridized carbons (Fsp3) is 0.250. The van der Waals surface area contributed by atoms with Crippen molar-refractivity contribution in [3.8, 4) is 0 Å². The van der Waals surface area contributed by atoms with Crippen LogP contribution in [-0.2, 0) is 11.8 Å². The standard InChI is InChI=1S/C16H16N4O3/c1-19-10-8-13(18-16(19)23)17-15(22)11-4-6-12(7-5-11)20-9-2-3-14(20)21/h4-8,10H,2-3,9H2,1H3,(H,17,18,22,23). The second-order valence-corrected chi connectivity index (χ2v) is 5.36. The van der Waals surface area contributed by atoms with Crippen LogP contribution in [0.2, 0.25) is 0 Å². The van der Waals surface area contributed by atoms with Crippen molar-refractivity contribution in [2.75, 3.05) is 16.8 Å². The molecule has 1 aromatic heterocycles. The van der Waals surface area contributed by atoms with E-state index in [-0.39, 0.29) is 17.6 Å². The fourth-order valence-corrected chi connectivity index (χ4v) is 2.44. The molecule has 1 aliphatic rings. The topological polar surface area (TPSA) is 84.3 Å². The summed E-state index contributed by atoms with van der Waals surface area (Å²) in [6, 6.07) is 8.34. The molecule has 1 fully saturated rings. The van der Waals surface area contributed by atoms with E-state index in [9.17, 15) is 14.4 Å². The SMILES string of the molecule is Cn1ccc(NC(=O)c2ccc(N3CCCC3=O)cc2)nc1=O. The largest absolute Gasteiger partial charge is 0.349 e. The first-order valence-corrected chi connectivity index (χ1v) is 7.30. The van der Waals surface area contributed by atoms with Crippen molar-refractivity contribution < 1.29 is 9.59 Å². The van der Waals surface area contributed by atoms with E-state index in [1.807, 2.05) is 0 Å². The number of aryl methyl sites for hydroxylation is 1. The van der Waals surface area contributed by atoms with E-state index in [4.69, 9.17) is 0 Å². The van der Waals surface area contributed by atoms with Crippen molar-refractivity contribution in [2.24, 2.45) is 7.05 Å². The number of nitrogens with one attached hydrogen (secondary N) is 1. The average Bonchev–Trinajstić information content (AvgIpc) is 2.97. The van der Waals surface area contributed by atoms with Crippen LogP contribution >= 0.6 is 0 Å². The summed E-state index contributed by atoms with van der Waals surface area (Å²) in [6.07, 6.45) is 2.96. The monoisotopic (exact) mass is 312 g/mol. The third-order valence-electron chi connectivity index (χ3n) is 3.73. The molecule has 23 heavy (non-hydrogen) atoms. The zero-order valence-corrected chi connectivity index (χ0v) is 12.7. The number of hydrogen-bond donors (Lipinski definition) is 1. The van der Waals surface area contributed by atoms with Crippen LogP contribution in [-0.4, -0.2) is 27.9 Å². The molecule has 3 rings (SSSR count). The molecule has 0 spiro atoms. The van der Waals surface area contributed by atoms with Gasteiger partial charge in [-0.2, -0.15) is 4.98 Å². The Morgan fingerprint density at radius 3 is 2.52 bits per heavy atom. The predicted molar refractivity (Wildman–Crippen MR) is 85.5 cm³/mol. The maximum atomic E-state index is 12.2. The van der Waals surface area contributed by atoms with E-state index in [0.717, 1.165) is 12.1 Å². The summed E-state index contributed by atoms with van der Waals surface area (Å²) in [7, 11) is 1.58. The van der Waals surface area contributed by atoms with Crippen LogP contribution in [0, 0.1) is 0 Å². The second-order valence-electron chi connectivity index (χ2n) is 5.36. The molecule has 0 bridgehead atoms. The van der Waals surface area contributed by atoms with E-state index in [2.05, 4.69) is 10.3 Å². The number of benzene rings is 1. The summed E-state index contributed by atoms with van der Waals surface area (Å²) in [6.45, 7) is 0.710. The molecule has 7 heteroatoms. The Bertz CT molecular complexity index is 811. The van der Waals surface area contributed by atoms with Gasteiger partial charge in [0, 0.05) is 37.5 Å². The Labute approximate surface area is 132 Å². The van der Waals surface area contributed by atoms with Crippen molar-refractivity contribution in [3.63, 3.8) is 0 Å². The lowest BCUT2D eigenvalue weighted by Crippen LogP contribution is -2.24. The first-order chi connectivity index (χ1) is 11.0. The van der Waals surface area contributed by atoms with Gasteiger partial charge in [-0.1, -0.05) is 0 Å². The highest BCUT2D eigenvalue weighted by Gasteiger charge is 2.21. The summed E-state index contributed by atoms with van der Waals surface area (Å²) in [4.78, 5) is 40.8. The quantitative estimate of drug-likeness (QED) is 0.921. The lowest BCUT2D eigenvalue weighted by Gasteiger charge is -2.15. The number of hydrogen-bond acceptors (Lipinski definition) is 4. The molecule has 118 valence electrons. The molecular formula is C16H16N4O3. The zero-order chi connectivity index (χ0) is 16.4. The van der Waals surface area contributed by atoms with Crippen LogP contribution in [0.15, 0.2) is 41.3 Å². The van der Waals surface area contributed by atoms with Gasteiger partial charge in [-0.15, -0.1) is 0 Å². The van der Waals surface area contributed by atoms with Crippen LogP contribution in [0.25, 0.3) is 0 Å². The molecule has 7 nitrogen and oxygen atoms in total. The number of nitrogens with zero attached hydrogens (tertiary/aromatic N) is 3. The van der Waals surface area contributed by atoms with Gasteiger partial charge in [-0.3, -0.25) is 9.59 Å². The summed E-state index contributed by atoms with van der Waals surface area (Å²) < 4.78 is 1.32. The number of carbonyl (C=O) groups is 2. The minimum absolute atomic E-state index is 0.103. The van der Waals surface area contributed by atoms with Crippen LogP contribution < -0.4 is 15.9 Å². The minimum atomic E-state index is -0.439. The molecule has 0 aliphatic carbocycles. The molecule has 2 aromatic rings. The molecule has 1 aliphatic heterocycles. The second kappa shape index (κ2) is 6.04. The Kier molecular flexibility index (Phi) is 3.92. The van der Waals surface area contributed by atoms with E-state index in [1.165, 1.54) is 10.8 Å². The van der Waals surface area contributed by atoms with Crippen LogP contribution in [0.1, 0.15) is 23.2 Å². The smallest absolute Gasteiger partial charge is 0.312 e. The maximum absolute atomic E-state index is 12.2. The summed E-state index contributed by atoms with van der Waals surface area (Å²) in [5.74, 6) is -0.0477. The fourth-order valence-electron chi connectivity index (χ4n) is 2.44. The van der Waals surface area contributed by atoms with Gasteiger partial charge in [-0.05, 0) is 36.8 Å². The maximum Gasteiger partial charge on any atom is 0.349 e. The van der Waals surface area contributed by atoms with Gasteiger partial charge in [0.15, 0.2) is 0 Å². The van der Waals surface area contributed by atoms with Gasteiger partial charge < -0.3 is 14.8 Å². The van der Waals surface area contributed by atoms with Gasteiger partial charge in [0.25, 0.3) is 5.91 Å². The first-order valence-electron chi connectivity index (χ1n) is 7.30. The Morgan fingerprint density at radius 1 is 1.17 bits per heavy atom. The van der Waals surface area contributed by atoms with Gasteiger partial charge >= 0.3 is 5.69 Å². The van der Waals surface area contributed by atoms with E-state index >= 15 is 0 Å². The molecule has 0 radical (unpaired) electrons. The highest BCUT2D eigenvalue weighted by Crippen LogP contribution is 2.21. The molecule has 0 saturated carbocycles. The van der Waals surface area contributed by atoms with Crippen LogP contribution in [0.3, 0.4) is 0 Å². The molecule has 1 N–H and O–H groups in total. The Balaban J connectivity index is 1.73. The highest BCUT2D eigenvalue weighted by atomic mass is 16.2. The molecule has 1 aromatic carbocycles. The number of anilines is 2. The molecule has 2 amide bonds. The summed E-state index contributed by atoms with van der Waals surface area (Å²) in [5.41, 5.74) is 0.782. The van der Waals surface area contributed by atoms with Gasteiger partial charge in [0.05, 0.1) is 0 Å². The Morgan fingerprint density at radius 2 is 1.91 bits per heavy atom. The highest BCUT2D eigenvalue weighted by molar-refractivity contribution is 6.04. The van der Waals surface area contributed by atoms with Gasteiger partial charge in [0.1, 0.15) is 5.82 Å².